The standard InChI is InChI=1S/C22H22N4O2S2/c1-14-6-8-18(9-7-14)29-13-19(27)23-22-25-24-21(30-22)16-11-20(28)26(12-16)17-5-3-4-15(2)10-17/h3-10,16H,11-13H2,1-2H3,(H,23,25,27). The zero-order chi connectivity index (χ0) is 21.1. The molecule has 2 aromatic carbocycles. The average molecular weight is 439 g/mol. The number of nitrogens with zero attached hydrogens (tertiary/aromatic N) is 3. The van der Waals surface area contributed by atoms with Crippen molar-refractivity contribution in [3.05, 3.63) is 64.7 Å². The minimum absolute atomic E-state index is 0.0110. The van der Waals surface area contributed by atoms with E-state index < -0.39 is 0 Å². The highest BCUT2D eigenvalue weighted by atomic mass is 32.2. The topological polar surface area (TPSA) is 75.2 Å². The van der Waals surface area contributed by atoms with Crippen LogP contribution < -0.4 is 10.2 Å². The van der Waals surface area contributed by atoms with E-state index in [0.29, 0.717) is 23.8 Å². The van der Waals surface area contributed by atoms with Gasteiger partial charge < -0.3 is 4.90 Å². The summed E-state index contributed by atoms with van der Waals surface area (Å²) >= 11 is 2.82. The smallest absolute Gasteiger partial charge is 0.236 e. The Morgan fingerprint density at radius 1 is 1.17 bits per heavy atom. The fourth-order valence-electron chi connectivity index (χ4n) is 3.31. The second-order valence-electron chi connectivity index (χ2n) is 7.34. The van der Waals surface area contributed by atoms with Crippen molar-refractivity contribution in [2.45, 2.75) is 31.1 Å². The molecule has 1 aliphatic rings. The lowest BCUT2D eigenvalue weighted by molar-refractivity contribution is -0.117. The fourth-order valence-corrected chi connectivity index (χ4v) is 4.86. The zero-order valence-corrected chi connectivity index (χ0v) is 18.4. The third kappa shape index (κ3) is 4.88. The number of amides is 2. The summed E-state index contributed by atoms with van der Waals surface area (Å²) in [4.78, 5) is 27.6. The van der Waals surface area contributed by atoms with Gasteiger partial charge in [0.1, 0.15) is 5.01 Å². The maximum Gasteiger partial charge on any atom is 0.236 e. The second-order valence-corrected chi connectivity index (χ2v) is 9.40. The van der Waals surface area contributed by atoms with Crippen LogP contribution in [0.15, 0.2) is 53.4 Å². The Kier molecular flexibility index (Phi) is 6.15. The summed E-state index contributed by atoms with van der Waals surface area (Å²) in [5.74, 6) is 0.261. The molecule has 2 amide bonds. The molecule has 1 atom stereocenters. The molecule has 1 unspecified atom stereocenters. The number of hydrogen-bond donors (Lipinski definition) is 1. The monoisotopic (exact) mass is 438 g/mol. The number of aromatic nitrogens is 2. The first kappa shape index (κ1) is 20.6. The van der Waals surface area contributed by atoms with E-state index in [1.807, 2.05) is 62.4 Å². The summed E-state index contributed by atoms with van der Waals surface area (Å²) in [7, 11) is 0. The predicted molar refractivity (Wildman–Crippen MR) is 121 cm³/mol. The average Bonchev–Trinajstić information content (AvgIpc) is 3.34. The first-order valence-corrected chi connectivity index (χ1v) is 11.5. The van der Waals surface area contributed by atoms with Gasteiger partial charge in [0.15, 0.2) is 0 Å². The van der Waals surface area contributed by atoms with Crippen LogP contribution >= 0.6 is 23.1 Å². The van der Waals surface area contributed by atoms with Gasteiger partial charge in [-0.15, -0.1) is 22.0 Å². The lowest BCUT2D eigenvalue weighted by Gasteiger charge is -2.16. The van der Waals surface area contributed by atoms with Crippen molar-refractivity contribution in [1.29, 1.82) is 0 Å². The summed E-state index contributed by atoms with van der Waals surface area (Å²) in [6.07, 6.45) is 0.403. The number of hydrogen-bond acceptors (Lipinski definition) is 6. The highest BCUT2D eigenvalue weighted by Crippen LogP contribution is 2.34. The summed E-state index contributed by atoms with van der Waals surface area (Å²) in [6.45, 7) is 4.62. The maximum atomic E-state index is 12.5. The van der Waals surface area contributed by atoms with E-state index >= 15 is 0 Å². The van der Waals surface area contributed by atoms with E-state index in [2.05, 4.69) is 15.5 Å². The number of aryl methyl sites for hydroxylation is 2. The number of anilines is 2. The minimum Gasteiger partial charge on any atom is -0.312 e. The first-order valence-electron chi connectivity index (χ1n) is 9.67. The third-order valence-electron chi connectivity index (χ3n) is 4.87. The molecular formula is C22H22N4O2S2. The molecule has 0 radical (unpaired) electrons. The summed E-state index contributed by atoms with van der Waals surface area (Å²) in [6, 6.07) is 16.0. The molecule has 3 aromatic rings. The minimum atomic E-state index is -0.118. The largest absolute Gasteiger partial charge is 0.312 e. The van der Waals surface area contributed by atoms with Gasteiger partial charge in [0, 0.05) is 29.5 Å². The second kappa shape index (κ2) is 8.97. The molecule has 0 bridgehead atoms. The Hall–Kier alpha value is -2.71. The molecule has 0 saturated carbocycles. The van der Waals surface area contributed by atoms with Crippen LogP contribution in [0.4, 0.5) is 10.8 Å². The van der Waals surface area contributed by atoms with Crippen molar-refractivity contribution in [2.75, 3.05) is 22.5 Å². The highest BCUT2D eigenvalue weighted by Gasteiger charge is 2.34. The van der Waals surface area contributed by atoms with E-state index in [-0.39, 0.29) is 17.7 Å². The molecule has 2 heterocycles. The lowest BCUT2D eigenvalue weighted by Crippen LogP contribution is -2.24. The molecule has 1 aromatic heterocycles. The third-order valence-corrected chi connectivity index (χ3v) is 6.88. The number of benzene rings is 2. The molecule has 1 N–H and O–H groups in total. The number of carbonyl (C=O) groups is 2. The van der Waals surface area contributed by atoms with E-state index in [0.717, 1.165) is 21.2 Å². The van der Waals surface area contributed by atoms with E-state index in [1.54, 1.807) is 4.90 Å². The molecule has 4 rings (SSSR count). The van der Waals surface area contributed by atoms with Gasteiger partial charge in [-0.2, -0.15) is 0 Å². The molecule has 8 heteroatoms. The molecular weight excluding hydrogens is 416 g/mol. The van der Waals surface area contributed by atoms with Crippen molar-refractivity contribution in [3.8, 4) is 0 Å². The number of carbonyl (C=O) groups excluding carboxylic acids is 2. The Bertz CT molecular complexity index is 1070. The van der Waals surface area contributed by atoms with Gasteiger partial charge >= 0.3 is 0 Å². The van der Waals surface area contributed by atoms with Gasteiger partial charge in [-0.25, -0.2) is 0 Å². The summed E-state index contributed by atoms with van der Waals surface area (Å²) < 4.78 is 0. The Morgan fingerprint density at radius 2 is 1.97 bits per heavy atom. The Morgan fingerprint density at radius 3 is 2.73 bits per heavy atom. The van der Waals surface area contributed by atoms with Crippen LogP contribution in [-0.4, -0.2) is 34.3 Å². The van der Waals surface area contributed by atoms with Gasteiger partial charge in [-0.05, 0) is 43.7 Å². The lowest BCUT2D eigenvalue weighted by atomic mass is 10.1. The summed E-state index contributed by atoms with van der Waals surface area (Å²) in [5, 5.41) is 12.4. The number of nitrogens with one attached hydrogen (secondary N) is 1. The van der Waals surface area contributed by atoms with Crippen LogP contribution in [0.25, 0.3) is 0 Å². The van der Waals surface area contributed by atoms with Crippen molar-refractivity contribution >= 4 is 45.7 Å². The van der Waals surface area contributed by atoms with Crippen LogP contribution in [0.3, 0.4) is 0 Å². The van der Waals surface area contributed by atoms with Gasteiger partial charge in [0.2, 0.25) is 16.9 Å². The molecule has 1 saturated heterocycles. The normalized spacial score (nSPS) is 16.1. The molecule has 0 aliphatic carbocycles. The maximum absolute atomic E-state index is 12.5. The molecule has 1 fully saturated rings. The highest BCUT2D eigenvalue weighted by molar-refractivity contribution is 8.00. The van der Waals surface area contributed by atoms with Gasteiger partial charge in [-0.3, -0.25) is 14.9 Å². The predicted octanol–water partition coefficient (Wildman–Crippen LogP) is 4.41. The van der Waals surface area contributed by atoms with Crippen molar-refractivity contribution < 1.29 is 9.59 Å². The van der Waals surface area contributed by atoms with Crippen molar-refractivity contribution in [3.63, 3.8) is 0 Å². The van der Waals surface area contributed by atoms with E-state index in [1.165, 1.54) is 28.7 Å². The van der Waals surface area contributed by atoms with E-state index in [9.17, 15) is 9.59 Å². The van der Waals surface area contributed by atoms with Crippen LogP contribution in [0, 0.1) is 13.8 Å². The molecule has 154 valence electrons. The van der Waals surface area contributed by atoms with E-state index in [4.69, 9.17) is 0 Å². The van der Waals surface area contributed by atoms with Crippen LogP contribution in [0.1, 0.15) is 28.5 Å². The van der Waals surface area contributed by atoms with Gasteiger partial charge in [-0.1, -0.05) is 41.2 Å². The van der Waals surface area contributed by atoms with Crippen LogP contribution in [0.2, 0.25) is 0 Å². The molecule has 6 nitrogen and oxygen atoms in total. The van der Waals surface area contributed by atoms with Crippen LogP contribution in [0.5, 0.6) is 0 Å². The number of thioether (sulfide) groups is 1. The molecule has 0 spiro atoms. The molecule has 1 aliphatic heterocycles. The SMILES string of the molecule is Cc1ccc(SCC(=O)Nc2nnc(C3CC(=O)N(c4cccc(C)c4)C3)s2)cc1. The fraction of sp³-hybridized carbons (Fsp3) is 0.273. The van der Waals surface area contributed by atoms with Crippen molar-refractivity contribution in [1.82, 2.24) is 10.2 Å². The number of rotatable bonds is 6. The first-order chi connectivity index (χ1) is 14.5. The van der Waals surface area contributed by atoms with Crippen molar-refractivity contribution in [2.24, 2.45) is 0 Å². The quantitative estimate of drug-likeness (QED) is 0.577. The summed E-state index contributed by atoms with van der Waals surface area (Å²) in [5.41, 5.74) is 3.22. The molecule has 30 heavy (non-hydrogen) atoms. The Labute approximate surface area is 183 Å². The Balaban J connectivity index is 1.34. The van der Waals surface area contributed by atoms with Gasteiger partial charge in [0.25, 0.3) is 0 Å². The zero-order valence-electron chi connectivity index (χ0n) is 16.8. The van der Waals surface area contributed by atoms with Gasteiger partial charge in [0.05, 0.1) is 5.75 Å². The van der Waals surface area contributed by atoms with Crippen LogP contribution in [-0.2, 0) is 9.59 Å².